The molecule has 5 nitrogen and oxygen atoms in total. The van der Waals surface area contributed by atoms with Crippen LogP contribution < -0.4 is 0 Å². The van der Waals surface area contributed by atoms with Crippen molar-refractivity contribution in [2.24, 2.45) is 0 Å². The summed E-state index contributed by atoms with van der Waals surface area (Å²) in [6.45, 7) is 0. The smallest absolute Gasteiger partial charge is 0.313 e. The third kappa shape index (κ3) is 3.33. The number of benzene rings is 2. The fourth-order valence-electron chi connectivity index (χ4n) is 2.46. The van der Waals surface area contributed by atoms with Crippen molar-refractivity contribution in [3.05, 3.63) is 60.5 Å². The summed E-state index contributed by atoms with van der Waals surface area (Å²) in [6.07, 6.45) is 1.80. The van der Waals surface area contributed by atoms with Gasteiger partial charge in [-0.3, -0.25) is 9.36 Å². The number of carbonyl (C=O) groups is 1. The van der Waals surface area contributed by atoms with E-state index in [2.05, 4.69) is 9.97 Å². The molecule has 0 saturated carbocycles. The minimum atomic E-state index is -0.926. The molecule has 130 valence electrons. The van der Waals surface area contributed by atoms with Gasteiger partial charge in [0.1, 0.15) is 16.5 Å². The third-order valence-electron chi connectivity index (χ3n) is 3.62. The summed E-state index contributed by atoms with van der Waals surface area (Å²) in [5, 5.41) is 10.2. The van der Waals surface area contributed by atoms with Gasteiger partial charge in [0.2, 0.25) is 0 Å². The number of hydrogen-bond donors (Lipinski definition) is 1. The van der Waals surface area contributed by atoms with E-state index in [-0.39, 0.29) is 11.6 Å². The predicted octanol–water partition coefficient (Wildman–Crippen LogP) is 4.46. The van der Waals surface area contributed by atoms with Crippen LogP contribution in [0.15, 0.2) is 59.9 Å². The number of fused-ring (bicyclic) bond motifs is 1. The highest BCUT2D eigenvalue weighted by Gasteiger charge is 2.16. The van der Waals surface area contributed by atoms with Gasteiger partial charge in [-0.2, -0.15) is 0 Å². The molecule has 0 radical (unpaired) electrons. The van der Waals surface area contributed by atoms with Gasteiger partial charge in [0, 0.05) is 11.9 Å². The van der Waals surface area contributed by atoms with E-state index in [4.69, 9.17) is 5.11 Å². The first-order valence-corrected chi connectivity index (χ1v) is 9.46. The molecule has 0 amide bonds. The highest BCUT2D eigenvalue weighted by atomic mass is 32.2. The Morgan fingerprint density at radius 3 is 2.65 bits per heavy atom. The van der Waals surface area contributed by atoms with E-state index >= 15 is 0 Å². The lowest BCUT2D eigenvalue weighted by Gasteiger charge is -2.06. The number of carboxylic acid groups (broad SMARTS) is 1. The molecule has 8 heteroatoms. The van der Waals surface area contributed by atoms with Crippen LogP contribution in [-0.4, -0.2) is 31.4 Å². The number of rotatable bonds is 5. The zero-order valence-corrected chi connectivity index (χ0v) is 14.9. The fraction of sp³-hybridized carbons (Fsp3) is 0.0556. The minimum absolute atomic E-state index is 0.114. The summed E-state index contributed by atoms with van der Waals surface area (Å²) in [6, 6.07) is 13.8. The average Bonchev–Trinajstić information content (AvgIpc) is 3.24. The van der Waals surface area contributed by atoms with Crippen LogP contribution in [0.25, 0.3) is 26.6 Å². The SMILES string of the molecule is O=C(O)CSc1nc(-c2nc3ccccc3s2)cn1-c1ccc(F)cc1. The Labute approximate surface area is 156 Å². The zero-order valence-electron chi connectivity index (χ0n) is 13.3. The van der Waals surface area contributed by atoms with Crippen molar-refractivity contribution in [3.63, 3.8) is 0 Å². The third-order valence-corrected chi connectivity index (χ3v) is 5.61. The molecule has 2 aromatic heterocycles. The van der Waals surface area contributed by atoms with Crippen molar-refractivity contribution in [2.75, 3.05) is 5.75 Å². The number of hydrogen-bond acceptors (Lipinski definition) is 5. The zero-order chi connectivity index (χ0) is 18.1. The van der Waals surface area contributed by atoms with Gasteiger partial charge in [-0.15, -0.1) is 11.3 Å². The predicted molar refractivity (Wildman–Crippen MR) is 100 cm³/mol. The summed E-state index contributed by atoms with van der Waals surface area (Å²) in [4.78, 5) is 20.1. The number of halogens is 1. The Hall–Kier alpha value is -2.71. The lowest BCUT2D eigenvalue weighted by Crippen LogP contribution is -2.01. The number of para-hydroxylation sites is 1. The Kier molecular flexibility index (Phi) is 4.44. The Balaban J connectivity index is 1.79. The highest BCUT2D eigenvalue weighted by Crippen LogP contribution is 2.32. The number of aromatic nitrogens is 3. The second kappa shape index (κ2) is 6.89. The van der Waals surface area contributed by atoms with Gasteiger partial charge in [-0.05, 0) is 36.4 Å². The number of thioether (sulfide) groups is 1. The summed E-state index contributed by atoms with van der Waals surface area (Å²) < 4.78 is 16.0. The molecule has 0 aliphatic heterocycles. The van der Waals surface area contributed by atoms with Gasteiger partial charge in [0.15, 0.2) is 5.16 Å². The van der Waals surface area contributed by atoms with Crippen LogP contribution >= 0.6 is 23.1 Å². The summed E-state index contributed by atoms with van der Waals surface area (Å²) in [5.74, 6) is -1.37. The van der Waals surface area contributed by atoms with E-state index in [1.165, 1.54) is 23.5 Å². The number of nitrogens with zero attached hydrogens (tertiary/aromatic N) is 3. The number of imidazole rings is 1. The maximum absolute atomic E-state index is 13.2. The summed E-state index contributed by atoms with van der Waals surface area (Å²) in [7, 11) is 0. The lowest BCUT2D eigenvalue weighted by atomic mass is 10.3. The van der Waals surface area contributed by atoms with E-state index in [0.29, 0.717) is 16.5 Å². The first-order chi connectivity index (χ1) is 12.6. The molecule has 2 aromatic carbocycles. The van der Waals surface area contributed by atoms with Crippen molar-refractivity contribution < 1.29 is 14.3 Å². The van der Waals surface area contributed by atoms with E-state index in [9.17, 15) is 9.18 Å². The van der Waals surface area contributed by atoms with Crippen LogP contribution in [0.2, 0.25) is 0 Å². The van der Waals surface area contributed by atoms with Crippen LogP contribution in [-0.2, 0) is 4.79 Å². The van der Waals surface area contributed by atoms with Gasteiger partial charge >= 0.3 is 5.97 Å². The standard InChI is InChI=1S/C18H12FN3O2S2/c19-11-5-7-12(8-6-11)22-9-14(21-18(22)25-10-16(23)24)17-20-13-3-1-2-4-15(13)26-17/h1-9H,10H2,(H,23,24). The number of aliphatic carboxylic acids is 1. The second-order valence-electron chi connectivity index (χ2n) is 5.42. The number of thiazole rings is 1. The molecule has 2 heterocycles. The molecule has 0 bridgehead atoms. The molecule has 0 unspecified atom stereocenters. The Morgan fingerprint density at radius 2 is 1.92 bits per heavy atom. The molecule has 4 rings (SSSR count). The first-order valence-electron chi connectivity index (χ1n) is 7.66. The molecule has 4 aromatic rings. The normalized spacial score (nSPS) is 11.1. The second-order valence-corrected chi connectivity index (χ2v) is 7.40. The molecule has 0 saturated heterocycles. The van der Waals surface area contributed by atoms with Crippen molar-refractivity contribution in [2.45, 2.75) is 5.16 Å². The van der Waals surface area contributed by atoms with Crippen molar-refractivity contribution in [1.29, 1.82) is 0 Å². The van der Waals surface area contributed by atoms with Gasteiger partial charge in [0.05, 0.1) is 16.0 Å². The monoisotopic (exact) mass is 385 g/mol. The molecular weight excluding hydrogens is 373 g/mol. The quantitative estimate of drug-likeness (QED) is 0.514. The van der Waals surface area contributed by atoms with Gasteiger partial charge in [0.25, 0.3) is 0 Å². The van der Waals surface area contributed by atoms with Gasteiger partial charge in [-0.1, -0.05) is 23.9 Å². The van der Waals surface area contributed by atoms with Gasteiger partial charge < -0.3 is 5.11 Å². The molecule has 0 spiro atoms. The van der Waals surface area contributed by atoms with E-state index in [0.717, 1.165) is 27.0 Å². The average molecular weight is 385 g/mol. The van der Waals surface area contributed by atoms with Crippen LogP contribution in [0.1, 0.15) is 0 Å². The highest BCUT2D eigenvalue weighted by molar-refractivity contribution is 7.99. The maximum Gasteiger partial charge on any atom is 0.313 e. The molecule has 26 heavy (non-hydrogen) atoms. The summed E-state index contributed by atoms with van der Waals surface area (Å²) >= 11 is 2.63. The van der Waals surface area contributed by atoms with Crippen LogP contribution in [0.3, 0.4) is 0 Å². The van der Waals surface area contributed by atoms with Crippen LogP contribution in [0, 0.1) is 5.82 Å². The molecule has 0 aliphatic rings. The van der Waals surface area contributed by atoms with Crippen LogP contribution in [0.5, 0.6) is 0 Å². The Bertz CT molecular complexity index is 1060. The Morgan fingerprint density at radius 1 is 1.15 bits per heavy atom. The molecule has 0 fully saturated rings. The van der Waals surface area contributed by atoms with E-state index in [1.807, 2.05) is 24.3 Å². The first kappa shape index (κ1) is 16.7. The fourth-order valence-corrected chi connectivity index (χ4v) is 4.10. The maximum atomic E-state index is 13.2. The van der Waals surface area contributed by atoms with Crippen LogP contribution in [0.4, 0.5) is 4.39 Å². The summed E-state index contributed by atoms with van der Waals surface area (Å²) in [5.41, 5.74) is 2.26. The van der Waals surface area contributed by atoms with E-state index < -0.39 is 5.97 Å². The molecule has 0 atom stereocenters. The molecule has 1 N–H and O–H groups in total. The molecule has 0 aliphatic carbocycles. The topological polar surface area (TPSA) is 68.0 Å². The van der Waals surface area contributed by atoms with Crippen molar-refractivity contribution >= 4 is 39.3 Å². The van der Waals surface area contributed by atoms with E-state index in [1.54, 1.807) is 22.9 Å². The van der Waals surface area contributed by atoms with Crippen molar-refractivity contribution in [3.8, 4) is 16.4 Å². The minimum Gasteiger partial charge on any atom is -0.481 e. The molecular formula is C18H12FN3O2S2. The van der Waals surface area contributed by atoms with Crippen molar-refractivity contribution in [1.82, 2.24) is 14.5 Å². The largest absolute Gasteiger partial charge is 0.481 e. The number of carboxylic acids is 1. The van der Waals surface area contributed by atoms with Gasteiger partial charge in [-0.25, -0.2) is 14.4 Å². The lowest BCUT2D eigenvalue weighted by molar-refractivity contribution is -0.133.